The number of aromatic carboxylic acids is 1. The van der Waals surface area contributed by atoms with Crippen LogP contribution in [0.25, 0.3) is 0 Å². The fourth-order valence-corrected chi connectivity index (χ4v) is 1.98. The zero-order chi connectivity index (χ0) is 14.9. The molecular formula is C13H14N2O5. The van der Waals surface area contributed by atoms with Gasteiger partial charge in [-0.1, -0.05) is 6.92 Å². The van der Waals surface area contributed by atoms with E-state index in [4.69, 9.17) is 5.11 Å². The van der Waals surface area contributed by atoms with Crippen LogP contribution in [0.5, 0.6) is 0 Å². The second kappa shape index (κ2) is 5.28. The number of nitrogens with one attached hydrogen (secondary N) is 1. The lowest BCUT2D eigenvalue weighted by molar-refractivity contribution is -0.384. The third-order valence-electron chi connectivity index (χ3n) is 3.44. The monoisotopic (exact) mass is 278 g/mol. The fourth-order valence-electron chi connectivity index (χ4n) is 1.98. The first-order chi connectivity index (χ1) is 9.38. The minimum atomic E-state index is -1.31. The number of carboxylic acid groups (broad SMARTS) is 1. The average Bonchev–Trinajstić information content (AvgIpc) is 3.11. The topological polar surface area (TPSA) is 110 Å². The molecule has 0 spiro atoms. The molecule has 0 saturated heterocycles. The van der Waals surface area contributed by atoms with Crippen LogP contribution in [0.3, 0.4) is 0 Å². The molecule has 0 bridgehead atoms. The first-order valence-electron chi connectivity index (χ1n) is 6.19. The minimum absolute atomic E-state index is 0.00935. The van der Waals surface area contributed by atoms with E-state index in [0.29, 0.717) is 18.4 Å². The first kappa shape index (κ1) is 14.0. The molecule has 1 amide bonds. The maximum atomic E-state index is 11.9. The van der Waals surface area contributed by atoms with Crippen molar-refractivity contribution < 1.29 is 19.6 Å². The minimum Gasteiger partial charge on any atom is -0.478 e. The van der Waals surface area contributed by atoms with Crippen molar-refractivity contribution in [2.45, 2.75) is 13.3 Å². The van der Waals surface area contributed by atoms with E-state index >= 15 is 0 Å². The summed E-state index contributed by atoms with van der Waals surface area (Å²) < 4.78 is 0. The fraction of sp³-hybridized carbons (Fsp3) is 0.385. The molecule has 1 aromatic rings. The van der Waals surface area contributed by atoms with Gasteiger partial charge in [0.2, 0.25) is 0 Å². The van der Waals surface area contributed by atoms with Gasteiger partial charge >= 0.3 is 5.97 Å². The smallest absolute Gasteiger partial charge is 0.335 e. The van der Waals surface area contributed by atoms with Crippen LogP contribution >= 0.6 is 0 Å². The molecule has 1 fully saturated rings. The van der Waals surface area contributed by atoms with Gasteiger partial charge in [0, 0.05) is 24.2 Å². The van der Waals surface area contributed by atoms with Crippen molar-refractivity contribution in [1.82, 2.24) is 5.32 Å². The largest absolute Gasteiger partial charge is 0.478 e. The van der Waals surface area contributed by atoms with Crippen molar-refractivity contribution in [2.75, 3.05) is 6.54 Å². The number of carbonyl (C=O) groups is 2. The van der Waals surface area contributed by atoms with E-state index in [2.05, 4.69) is 12.2 Å². The van der Waals surface area contributed by atoms with E-state index in [0.717, 1.165) is 24.6 Å². The van der Waals surface area contributed by atoms with Gasteiger partial charge in [-0.25, -0.2) is 4.79 Å². The predicted molar refractivity (Wildman–Crippen MR) is 69.7 cm³/mol. The van der Waals surface area contributed by atoms with Gasteiger partial charge in [0.15, 0.2) is 0 Å². The zero-order valence-corrected chi connectivity index (χ0v) is 10.8. The SMILES string of the molecule is CC1CC1CNC(=O)c1cc(C(=O)O)cc([N+](=O)[O-])c1. The van der Waals surface area contributed by atoms with Crippen LogP contribution in [0.4, 0.5) is 5.69 Å². The quantitative estimate of drug-likeness (QED) is 0.629. The summed E-state index contributed by atoms with van der Waals surface area (Å²) in [4.78, 5) is 32.9. The van der Waals surface area contributed by atoms with Crippen LogP contribution in [0, 0.1) is 22.0 Å². The Kier molecular flexibility index (Phi) is 3.69. The second-order valence-corrected chi connectivity index (χ2v) is 5.01. The van der Waals surface area contributed by atoms with Crippen molar-refractivity contribution in [3.63, 3.8) is 0 Å². The Balaban J connectivity index is 2.18. The molecule has 2 rings (SSSR count). The second-order valence-electron chi connectivity index (χ2n) is 5.01. The summed E-state index contributed by atoms with van der Waals surface area (Å²) in [5.41, 5.74) is -0.691. The lowest BCUT2D eigenvalue weighted by Crippen LogP contribution is -2.26. The van der Waals surface area contributed by atoms with Gasteiger partial charge in [0.05, 0.1) is 10.5 Å². The standard InChI is InChI=1S/C13H14N2O5/c1-7-2-10(7)6-14-12(16)8-3-9(13(17)18)5-11(4-8)15(19)20/h3-5,7,10H,2,6H2,1H3,(H,14,16)(H,17,18). The molecule has 7 nitrogen and oxygen atoms in total. The molecular weight excluding hydrogens is 264 g/mol. The Morgan fingerprint density at radius 2 is 2.00 bits per heavy atom. The maximum absolute atomic E-state index is 11.9. The molecule has 7 heteroatoms. The molecule has 0 radical (unpaired) electrons. The predicted octanol–water partition coefficient (Wildman–Crippen LogP) is 1.68. The van der Waals surface area contributed by atoms with Crippen molar-refractivity contribution in [1.29, 1.82) is 0 Å². The Morgan fingerprint density at radius 3 is 2.50 bits per heavy atom. The number of hydrogen-bond donors (Lipinski definition) is 2. The van der Waals surface area contributed by atoms with Gasteiger partial charge in [0.25, 0.3) is 11.6 Å². The molecule has 0 heterocycles. The third kappa shape index (κ3) is 3.11. The number of benzene rings is 1. The summed E-state index contributed by atoms with van der Waals surface area (Å²) in [6, 6.07) is 3.15. The Hall–Kier alpha value is -2.44. The Morgan fingerprint density at radius 1 is 1.40 bits per heavy atom. The zero-order valence-electron chi connectivity index (χ0n) is 10.8. The van der Waals surface area contributed by atoms with E-state index in [-0.39, 0.29) is 11.1 Å². The summed E-state index contributed by atoms with van der Waals surface area (Å²) in [6.07, 6.45) is 1.05. The van der Waals surface area contributed by atoms with Crippen LogP contribution in [0.15, 0.2) is 18.2 Å². The molecule has 0 aliphatic heterocycles. The van der Waals surface area contributed by atoms with Crippen LogP contribution in [0.2, 0.25) is 0 Å². The Bertz CT molecular complexity index is 552. The number of nitro groups is 1. The number of rotatable bonds is 5. The molecule has 1 saturated carbocycles. The van der Waals surface area contributed by atoms with Crippen molar-refractivity contribution in [3.8, 4) is 0 Å². The molecule has 1 aromatic carbocycles. The van der Waals surface area contributed by atoms with Gasteiger partial charge in [0.1, 0.15) is 0 Å². The lowest BCUT2D eigenvalue weighted by Gasteiger charge is -2.05. The molecule has 1 aliphatic carbocycles. The number of carbonyl (C=O) groups excluding carboxylic acids is 1. The third-order valence-corrected chi connectivity index (χ3v) is 3.44. The molecule has 2 N–H and O–H groups in total. The summed E-state index contributed by atoms with van der Waals surface area (Å²) >= 11 is 0. The van der Waals surface area contributed by atoms with Gasteiger partial charge in [-0.15, -0.1) is 0 Å². The van der Waals surface area contributed by atoms with E-state index in [1.807, 2.05) is 0 Å². The highest BCUT2D eigenvalue weighted by Crippen LogP contribution is 2.36. The summed E-state index contributed by atoms with van der Waals surface area (Å²) in [5.74, 6) is -0.777. The normalized spacial score (nSPS) is 20.2. The highest BCUT2D eigenvalue weighted by Gasteiger charge is 2.32. The molecule has 2 unspecified atom stereocenters. The molecule has 1 aliphatic rings. The van der Waals surface area contributed by atoms with Gasteiger partial charge < -0.3 is 10.4 Å². The maximum Gasteiger partial charge on any atom is 0.335 e. The van der Waals surface area contributed by atoms with Gasteiger partial charge in [-0.05, 0) is 24.3 Å². The number of nitrogens with zero attached hydrogens (tertiary/aromatic N) is 1. The van der Waals surface area contributed by atoms with Crippen LogP contribution < -0.4 is 5.32 Å². The molecule has 20 heavy (non-hydrogen) atoms. The van der Waals surface area contributed by atoms with Crippen LogP contribution in [-0.4, -0.2) is 28.5 Å². The van der Waals surface area contributed by atoms with Crippen molar-refractivity contribution in [3.05, 3.63) is 39.4 Å². The van der Waals surface area contributed by atoms with E-state index in [1.54, 1.807) is 0 Å². The molecule has 0 aromatic heterocycles. The number of carboxylic acids is 1. The number of amides is 1. The highest BCUT2D eigenvalue weighted by molar-refractivity contribution is 5.98. The van der Waals surface area contributed by atoms with E-state index < -0.39 is 22.5 Å². The molecule has 2 atom stereocenters. The lowest BCUT2D eigenvalue weighted by atomic mass is 10.1. The number of hydrogen-bond acceptors (Lipinski definition) is 4. The number of nitro benzene ring substituents is 1. The Labute approximate surface area is 114 Å². The highest BCUT2D eigenvalue weighted by atomic mass is 16.6. The number of non-ortho nitro benzene ring substituents is 1. The van der Waals surface area contributed by atoms with Gasteiger partial charge in [-0.2, -0.15) is 0 Å². The summed E-state index contributed by atoms with van der Waals surface area (Å²) in [5, 5.41) is 22.3. The van der Waals surface area contributed by atoms with Crippen molar-refractivity contribution >= 4 is 17.6 Å². The summed E-state index contributed by atoms with van der Waals surface area (Å²) in [7, 11) is 0. The average molecular weight is 278 g/mol. The molecule has 106 valence electrons. The van der Waals surface area contributed by atoms with Gasteiger partial charge in [-0.3, -0.25) is 14.9 Å². The van der Waals surface area contributed by atoms with Crippen molar-refractivity contribution in [2.24, 2.45) is 11.8 Å². The van der Waals surface area contributed by atoms with E-state index in [1.165, 1.54) is 0 Å². The first-order valence-corrected chi connectivity index (χ1v) is 6.19. The van der Waals surface area contributed by atoms with E-state index in [9.17, 15) is 19.7 Å². The summed E-state index contributed by atoms with van der Waals surface area (Å²) in [6.45, 7) is 2.58. The van der Waals surface area contributed by atoms with Crippen LogP contribution in [0.1, 0.15) is 34.1 Å². The van der Waals surface area contributed by atoms with Crippen LogP contribution in [-0.2, 0) is 0 Å².